The Balaban J connectivity index is 1.58. The maximum Gasteiger partial charge on any atom is 0.255 e. The minimum absolute atomic E-state index is 0.0590. The van der Waals surface area contributed by atoms with Gasteiger partial charge in [-0.2, -0.15) is 5.10 Å². The van der Waals surface area contributed by atoms with Crippen LogP contribution in [0.4, 0.5) is 4.39 Å². The fraction of sp³-hybridized carbons (Fsp3) is 0.421. The molecular formula is C19H23FN4O2. The molecule has 0 saturated heterocycles. The maximum atomic E-state index is 13.0. The van der Waals surface area contributed by atoms with Crippen molar-refractivity contribution in [1.29, 1.82) is 0 Å². The van der Waals surface area contributed by atoms with E-state index in [1.165, 1.54) is 24.8 Å². The highest BCUT2D eigenvalue weighted by Gasteiger charge is 2.18. The van der Waals surface area contributed by atoms with E-state index >= 15 is 0 Å². The Bertz CT molecular complexity index is 779. The van der Waals surface area contributed by atoms with Gasteiger partial charge in [-0.25, -0.2) is 9.07 Å². The lowest BCUT2D eigenvalue weighted by Crippen LogP contribution is -2.42. The molecular weight excluding hydrogens is 335 g/mol. The first-order valence-corrected chi connectivity index (χ1v) is 8.92. The highest BCUT2D eigenvalue weighted by Crippen LogP contribution is 2.17. The highest BCUT2D eigenvalue weighted by molar-refractivity contribution is 5.97. The van der Waals surface area contributed by atoms with E-state index in [1.807, 2.05) is 0 Å². The number of amides is 2. The third-order valence-electron chi connectivity index (χ3n) is 4.71. The summed E-state index contributed by atoms with van der Waals surface area (Å²) in [6.45, 7) is 1.70. The van der Waals surface area contributed by atoms with Crippen LogP contribution in [0.2, 0.25) is 0 Å². The monoisotopic (exact) mass is 358 g/mol. The van der Waals surface area contributed by atoms with E-state index in [0.29, 0.717) is 16.9 Å². The van der Waals surface area contributed by atoms with E-state index in [9.17, 15) is 14.0 Å². The van der Waals surface area contributed by atoms with Gasteiger partial charge in [-0.15, -0.1) is 0 Å². The number of rotatable bonds is 5. The molecule has 26 heavy (non-hydrogen) atoms. The number of carbonyl (C=O) groups excluding carboxylic acids is 2. The molecule has 0 radical (unpaired) electrons. The fourth-order valence-electron chi connectivity index (χ4n) is 3.26. The Morgan fingerprint density at radius 3 is 2.58 bits per heavy atom. The summed E-state index contributed by atoms with van der Waals surface area (Å²) in [5, 5.41) is 9.80. The number of halogens is 1. The van der Waals surface area contributed by atoms with Gasteiger partial charge < -0.3 is 10.6 Å². The molecule has 138 valence electrons. The van der Waals surface area contributed by atoms with Crippen molar-refractivity contribution in [1.82, 2.24) is 20.4 Å². The molecule has 0 atom stereocenters. The molecule has 0 unspecified atom stereocenters. The smallest absolute Gasteiger partial charge is 0.255 e. The number of carbonyl (C=O) groups is 2. The van der Waals surface area contributed by atoms with E-state index in [-0.39, 0.29) is 30.2 Å². The van der Waals surface area contributed by atoms with Gasteiger partial charge in [-0.3, -0.25) is 9.59 Å². The van der Waals surface area contributed by atoms with Gasteiger partial charge in [0.15, 0.2) is 0 Å². The fourth-order valence-corrected chi connectivity index (χ4v) is 3.26. The van der Waals surface area contributed by atoms with Crippen molar-refractivity contribution in [3.05, 3.63) is 47.5 Å². The maximum absolute atomic E-state index is 13.0. The summed E-state index contributed by atoms with van der Waals surface area (Å²) >= 11 is 0. The predicted octanol–water partition coefficient (Wildman–Crippen LogP) is 2.50. The molecule has 0 aliphatic heterocycles. The highest BCUT2D eigenvalue weighted by atomic mass is 19.1. The number of hydrogen-bond donors (Lipinski definition) is 2. The number of aromatic nitrogens is 2. The first-order valence-electron chi connectivity index (χ1n) is 8.92. The van der Waals surface area contributed by atoms with Gasteiger partial charge in [-0.05, 0) is 44.0 Å². The summed E-state index contributed by atoms with van der Waals surface area (Å²) in [4.78, 5) is 24.4. The van der Waals surface area contributed by atoms with Crippen molar-refractivity contribution in [2.24, 2.45) is 0 Å². The first kappa shape index (κ1) is 18.1. The van der Waals surface area contributed by atoms with Crippen molar-refractivity contribution in [3.8, 4) is 5.69 Å². The van der Waals surface area contributed by atoms with E-state index in [0.717, 1.165) is 25.7 Å². The lowest BCUT2D eigenvalue weighted by molar-refractivity contribution is -0.121. The number of hydrogen-bond acceptors (Lipinski definition) is 3. The Hall–Kier alpha value is -2.70. The standard InChI is InChI=1S/C19H23FN4O2/c1-13-17(11-22-24(13)16-9-7-14(20)8-10-16)19(26)21-12-18(25)23-15-5-3-2-4-6-15/h7-11,15H,2-6,12H2,1H3,(H,21,26)(H,23,25). The zero-order valence-electron chi connectivity index (χ0n) is 14.8. The Kier molecular flexibility index (Phi) is 5.65. The van der Waals surface area contributed by atoms with Crippen LogP contribution in [0, 0.1) is 12.7 Å². The van der Waals surface area contributed by atoms with Crippen LogP contribution < -0.4 is 10.6 Å². The Labute approximate surface area is 151 Å². The lowest BCUT2D eigenvalue weighted by Gasteiger charge is -2.22. The van der Waals surface area contributed by atoms with Crippen LogP contribution in [-0.2, 0) is 4.79 Å². The second kappa shape index (κ2) is 8.12. The molecule has 1 aliphatic carbocycles. The van der Waals surface area contributed by atoms with Crippen molar-refractivity contribution in [3.63, 3.8) is 0 Å². The largest absolute Gasteiger partial charge is 0.352 e. The van der Waals surface area contributed by atoms with Crippen LogP contribution in [0.1, 0.15) is 48.2 Å². The second-order valence-corrected chi connectivity index (χ2v) is 6.62. The zero-order chi connectivity index (χ0) is 18.5. The van der Waals surface area contributed by atoms with Crippen molar-refractivity contribution in [2.45, 2.75) is 45.1 Å². The van der Waals surface area contributed by atoms with E-state index < -0.39 is 0 Å². The summed E-state index contributed by atoms with van der Waals surface area (Å²) in [5.74, 6) is -0.857. The van der Waals surface area contributed by atoms with Crippen molar-refractivity contribution >= 4 is 11.8 Å². The third kappa shape index (κ3) is 4.28. The van der Waals surface area contributed by atoms with Crippen LogP contribution >= 0.6 is 0 Å². The molecule has 1 heterocycles. The molecule has 1 aromatic carbocycles. The molecule has 0 bridgehead atoms. The summed E-state index contributed by atoms with van der Waals surface area (Å²) in [6, 6.07) is 6.08. The van der Waals surface area contributed by atoms with Crippen molar-refractivity contribution < 1.29 is 14.0 Å². The molecule has 1 aromatic heterocycles. The van der Waals surface area contributed by atoms with Crippen LogP contribution in [0.3, 0.4) is 0 Å². The number of nitrogens with zero attached hydrogens (tertiary/aromatic N) is 2. The molecule has 2 amide bonds. The minimum atomic E-state index is -0.352. The molecule has 7 heteroatoms. The van der Waals surface area contributed by atoms with Gasteiger partial charge in [0.05, 0.1) is 29.7 Å². The quantitative estimate of drug-likeness (QED) is 0.862. The lowest BCUT2D eigenvalue weighted by atomic mass is 9.95. The van der Waals surface area contributed by atoms with Gasteiger partial charge in [0.2, 0.25) is 5.91 Å². The van der Waals surface area contributed by atoms with Gasteiger partial charge in [-0.1, -0.05) is 19.3 Å². The normalized spacial score (nSPS) is 14.8. The molecule has 1 fully saturated rings. The molecule has 3 rings (SSSR count). The van der Waals surface area contributed by atoms with Crippen LogP contribution in [0.25, 0.3) is 5.69 Å². The minimum Gasteiger partial charge on any atom is -0.352 e. The van der Waals surface area contributed by atoms with Crippen LogP contribution in [-0.4, -0.2) is 34.2 Å². The molecule has 2 aromatic rings. The second-order valence-electron chi connectivity index (χ2n) is 6.62. The number of benzene rings is 1. The summed E-state index contributed by atoms with van der Waals surface area (Å²) in [6.07, 6.45) is 6.96. The molecule has 1 saturated carbocycles. The van der Waals surface area contributed by atoms with Crippen LogP contribution in [0.15, 0.2) is 30.5 Å². The van der Waals surface area contributed by atoms with E-state index in [2.05, 4.69) is 15.7 Å². The average Bonchev–Trinajstić information content (AvgIpc) is 3.03. The Morgan fingerprint density at radius 1 is 1.19 bits per heavy atom. The average molecular weight is 358 g/mol. The van der Waals surface area contributed by atoms with Gasteiger partial charge in [0.1, 0.15) is 5.82 Å². The van der Waals surface area contributed by atoms with Gasteiger partial charge in [0, 0.05) is 6.04 Å². The summed E-state index contributed by atoms with van der Waals surface area (Å²) in [5.41, 5.74) is 1.68. The van der Waals surface area contributed by atoms with Gasteiger partial charge >= 0.3 is 0 Å². The topological polar surface area (TPSA) is 76.0 Å². The van der Waals surface area contributed by atoms with Crippen LogP contribution in [0.5, 0.6) is 0 Å². The molecule has 2 N–H and O–H groups in total. The predicted molar refractivity (Wildman–Crippen MR) is 95.6 cm³/mol. The molecule has 0 spiro atoms. The molecule has 6 nitrogen and oxygen atoms in total. The summed E-state index contributed by atoms with van der Waals surface area (Å²) < 4.78 is 14.6. The zero-order valence-corrected chi connectivity index (χ0v) is 14.8. The first-order chi connectivity index (χ1) is 12.5. The summed E-state index contributed by atoms with van der Waals surface area (Å²) in [7, 11) is 0. The third-order valence-corrected chi connectivity index (χ3v) is 4.71. The van der Waals surface area contributed by atoms with E-state index in [4.69, 9.17) is 0 Å². The van der Waals surface area contributed by atoms with Crippen molar-refractivity contribution in [2.75, 3.05) is 6.54 Å². The SMILES string of the molecule is Cc1c(C(=O)NCC(=O)NC2CCCCC2)cnn1-c1ccc(F)cc1. The van der Waals surface area contributed by atoms with E-state index in [1.54, 1.807) is 23.7 Å². The number of nitrogens with one attached hydrogen (secondary N) is 2. The molecule has 1 aliphatic rings. The van der Waals surface area contributed by atoms with Gasteiger partial charge in [0.25, 0.3) is 5.91 Å². The Morgan fingerprint density at radius 2 is 1.88 bits per heavy atom.